The van der Waals surface area contributed by atoms with E-state index >= 15 is 0 Å². The average Bonchev–Trinajstić information content (AvgIpc) is 1.93. The molecule has 14 heavy (non-hydrogen) atoms. The van der Waals surface area contributed by atoms with Gasteiger partial charge in [0.2, 0.25) is 0 Å². The molecule has 0 amide bonds. The molecule has 6 heteroatoms. The van der Waals surface area contributed by atoms with Crippen molar-refractivity contribution in [2.24, 2.45) is 0 Å². The Balaban J connectivity index is 4.34. The number of hydrogen-bond acceptors (Lipinski definition) is 3. The smallest absolute Gasteiger partial charge is 0.169 e. The van der Waals surface area contributed by atoms with Gasteiger partial charge in [-0.05, 0) is 6.42 Å². The van der Waals surface area contributed by atoms with Crippen LogP contribution in [0.1, 0.15) is 13.3 Å². The predicted octanol–water partition coefficient (Wildman–Crippen LogP) is -0.00900. The molecule has 0 bridgehead atoms. The zero-order valence-electron chi connectivity index (χ0n) is 9.27. The minimum Gasteiger partial charge on any atom is -0.777 e. The molecule has 0 aliphatic rings. The van der Waals surface area contributed by atoms with Crippen LogP contribution in [-0.4, -0.2) is 49.5 Å². The summed E-state index contributed by atoms with van der Waals surface area (Å²) < 4.78 is 16.5. The van der Waals surface area contributed by atoms with Crippen LogP contribution in [0.3, 0.4) is 0 Å². The predicted molar refractivity (Wildman–Crippen MR) is 52.8 cm³/mol. The third-order valence-corrected chi connectivity index (χ3v) is 2.62. The summed E-state index contributed by atoms with van der Waals surface area (Å²) in [6.45, 7) is 2.48. The van der Waals surface area contributed by atoms with E-state index in [1.165, 1.54) is 0 Å². The zero-order chi connectivity index (χ0) is 11.4. The molecule has 0 spiro atoms. The minimum atomic E-state index is -4.39. The van der Waals surface area contributed by atoms with Crippen molar-refractivity contribution in [2.75, 3.05) is 34.3 Å². The molecule has 0 saturated carbocycles. The van der Waals surface area contributed by atoms with Gasteiger partial charge in [-0.1, -0.05) is 6.92 Å². The molecule has 0 aromatic carbocycles. The molecule has 0 heterocycles. The standard InChI is InChI=1S/C8H20NO4P/c1-5-6-13-8(14(10,11)12)7-9(2,3)4/h8H,5-7H2,1-4H3,(H-,10,11,12). The summed E-state index contributed by atoms with van der Waals surface area (Å²) in [6.07, 6.45) is 0.730. The van der Waals surface area contributed by atoms with E-state index in [0.29, 0.717) is 11.1 Å². The van der Waals surface area contributed by atoms with Crippen molar-refractivity contribution >= 4 is 7.60 Å². The van der Waals surface area contributed by atoms with Gasteiger partial charge in [-0.3, -0.25) is 0 Å². The number of quaternary nitrogens is 1. The van der Waals surface area contributed by atoms with E-state index in [1.54, 1.807) is 0 Å². The summed E-state index contributed by atoms with van der Waals surface area (Å²) in [4.78, 5) is 19.9. The molecule has 0 saturated heterocycles. The van der Waals surface area contributed by atoms with Crippen LogP contribution in [0, 0.1) is 0 Å². The molecule has 0 aliphatic carbocycles. The Hall–Kier alpha value is 0.0700. The van der Waals surface area contributed by atoms with Gasteiger partial charge in [0.1, 0.15) is 6.54 Å². The SMILES string of the molecule is CCCOC(C[N+](C)(C)C)P(=O)([O-])O. The normalized spacial score (nSPS) is 19.0. The monoisotopic (exact) mass is 225 g/mol. The van der Waals surface area contributed by atoms with E-state index in [4.69, 9.17) is 9.63 Å². The summed E-state index contributed by atoms with van der Waals surface area (Å²) in [5, 5.41) is 0. The Morgan fingerprint density at radius 2 is 2.00 bits per heavy atom. The second-order valence-corrected chi connectivity index (χ2v) is 6.07. The number of ether oxygens (including phenoxy) is 1. The van der Waals surface area contributed by atoms with E-state index in [0.717, 1.165) is 6.42 Å². The molecule has 2 atom stereocenters. The largest absolute Gasteiger partial charge is 0.777 e. The lowest BCUT2D eigenvalue weighted by Crippen LogP contribution is -2.43. The van der Waals surface area contributed by atoms with Crippen LogP contribution in [0.2, 0.25) is 0 Å². The van der Waals surface area contributed by atoms with E-state index in [-0.39, 0.29) is 6.54 Å². The fourth-order valence-corrected chi connectivity index (χ4v) is 1.96. The third-order valence-electron chi connectivity index (χ3n) is 1.58. The van der Waals surface area contributed by atoms with Gasteiger partial charge >= 0.3 is 0 Å². The van der Waals surface area contributed by atoms with Crippen molar-refractivity contribution in [2.45, 2.75) is 19.2 Å². The van der Waals surface area contributed by atoms with Crippen LogP contribution in [0.4, 0.5) is 0 Å². The molecule has 0 fully saturated rings. The molecule has 0 aromatic rings. The van der Waals surface area contributed by atoms with Gasteiger partial charge in [0.05, 0.1) is 21.1 Å². The highest BCUT2D eigenvalue weighted by atomic mass is 31.2. The van der Waals surface area contributed by atoms with Gasteiger partial charge in [-0.2, -0.15) is 0 Å². The molecule has 0 rings (SSSR count). The molecular weight excluding hydrogens is 205 g/mol. The molecule has 1 N–H and O–H groups in total. The first-order chi connectivity index (χ1) is 6.17. The van der Waals surface area contributed by atoms with E-state index < -0.39 is 13.4 Å². The quantitative estimate of drug-likeness (QED) is 0.510. The van der Waals surface area contributed by atoms with Crippen LogP contribution in [-0.2, 0) is 9.30 Å². The number of likely N-dealkylation sites (N-methyl/N-ethyl adjacent to an activating group) is 1. The van der Waals surface area contributed by atoms with Crippen LogP contribution >= 0.6 is 7.60 Å². The minimum absolute atomic E-state index is 0.247. The summed E-state index contributed by atoms with van der Waals surface area (Å²) >= 11 is 0. The molecule has 0 aliphatic heterocycles. The van der Waals surface area contributed by atoms with Crippen LogP contribution < -0.4 is 4.89 Å². The van der Waals surface area contributed by atoms with E-state index in [1.807, 2.05) is 28.1 Å². The van der Waals surface area contributed by atoms with Gasteiger partial charge in [0.25, 0.3) is 0 Å². The Morgan fingerprint density at radius 3 is 2.29 bits per heavy atom. The Bertz CT molecular complexity index is 208. The Morgan fingerprint density at radius 1 is 1.50 bits per heavy atom. The van der Waals surface area contributed by atoms with Gasteiger partial charge in [0.15, 0.2) is 13.4 Å². The first-order valence-corrected chi connectivity index (χ1v) is 6.27. The zero-order valence-corrected chi connectivity index (χ0v) is 10.2. The highest BCUT2D eigenvalue weighted by Gasteiger charge is 2.27. The van der Waals surface area contributed by atoms with Gasteiger partial charge < -0.3 is 23.6 Å². The second-order valence-electron chi connectivity index (χ2n) is 4.36. The Kier molecular flexibility index (Phi) is 5.26. The lowest BCUT2D eigenvalue weighted by molar-refractivity contribution is -0.872. The summed E-state index contributed by atoms with van der Waals surface area (Å²) in [7, 11) is 1.15. The number of nitrogens with zero attached hydrogens (tertiary/aromatic N) is 1. The average molecular weight is 225 g/mol. The maximum atomic E-state index is 11.0. The van der Waals surface area contributed by atoms with Crippen LogP contribution in [0.15, 0.2) is 0 Å². The van der Waals surface area contributed by atoms with Gasteiger partial charge in [0, 0.05) is 6.61 Å². The van der Waals surface area contributed by atoms with Gasteiger partial charge in [-0.15, -0.1) is 0 Å². The van der Waals surface area contributed by atoms with Crippen molar-refractivity contribution in [1.82, 2.24) is 0 Å². The molecule has 2 unspecified atom stereocenters. The number of rotatable bonds is 6. The molecule has 0 aromatic heterocycles. The fourth-order valence-electron chi connectivity index (χ4n) is 0.973. The maximum Gasteiger partial charge on any atom is 0.169 e. The topological polar surface area (TPSA) is 69.6 Å². The highest BCUT2D eigenvalue weighted by molar-refractivity contribution is 7.50. The first-order valence-electron chi connectivity index (χ1n) is 4.62. The molecule has 5 nitrogen and oxygen atoms in total. The van der Waals surface area contributed by atoms with E-state index in [2.05, 4.69) is 0 Å². The van der Waals surface area contributed by atoms with Crippen molar-refractivity contribution in [3.8, 4) is 0 Å². The third kappa shape index (κ3) is 6.51. The summed E-state index contributed by atoms with van der Waals surface area (Å²) in [5.41, 5.74) is 0. The van der Waals surface area contributed by atoms with Gasteiger partial charge in [-0.25, -0.2) is 0 Å². The lowest BCUT2D eigenvalue weighted by Gasteiger charge is -2.33. The fraction of sp³-hybridized carbons (Fsp3) is 1.00. The van der Waals surface area contributed by atoms with Crippen molar-refractivity contribution < 1.29 is 23.6 Å². The molecule has 86 valence electrons. The van der Waals surface area contributed by atoms with Crippen LogP contribution in [0.25, 0.3) is 0 Å². The highest BCUT2D eigenvalue weighted by Crippen LogP contribution is 2.37. The summed E-state index contributed by atoms with van der Waals surface area (Å²) in [5.74, 6) is -1.09. The van der Waals surface area contributed by atoms with Crippen molar-refractivity contribution in [1.29, 1.82) is 0 Å². The number of hydrogen-bond donors (Lipinski definition) is 1. The van der Waals surface area contributed by atoms with Crippen LogP contribution in [0.5, 0.6) is 0 Å². The van der Waals surface area contributed by atoms with E-state index in [9.17, 15) is 9.46 Å². The first kappa shape index (κ1) is 14.1. The second kappa shape index (κ2) is 5.24. The van der Waals surface area contributed by atoms with Crippen molar-refractivity contribution in [3.05, 3.63) is 0 Å². The lowest BCUT2D eigenvalue weighted by atomic mass is 10.5. The summed E-state index contributed by atoms with van der Waals surface area (Å²) in [6, 6.07) is 0. The molecular formula is C8H20NO4P. The van der Waals surface area contributed by atoms with Crippen molar-refractivity contribution in [3.63, 3.8) is 0 Å². The molecule has 0 radical (unpaired) electrons. The maximum absolute atomic E-state index is 11.0. The Labute approximate surface area is 85.4 Å².